The van der Waals surface area contributed by atoms with Gasteiger partial charge >= 0.3 is 6.03 Å². The highest BCUT2D eigenvalue weighted by Gasteiger charge is 2.09. The van der Waals surface area contributed by atoms with Crippen molar-refractivity contribution in [2.75, 3.05) is 11.1 Å². The molecule has 94 valence electrons. The van der Waals surface area contributed by atoms with Gasteiger partial charge in [-0.15, -0.1) is 0 Å². The van der Waals surface area contributed by atoms with Crippen LogP contribution in [0.25, 0.3) is 0 Å². The second-order valence-corrected chi connectivity index (χ2v) is 3.90. The molecule has 0 bridgehead atoms. The minimum Gasteiger partial charge on any atom is -0.394 e. The van der Waals surface area contributed by atoms with E-state index in [-0.39, 0.29) is 6.03 Å². The van der Waals surface area contributed by atoms with Crippen LogP contribution in [0.3, 0.4) is 0 Å². The van der Waals surface area contributed by atoms with Crippen molar-refractivity contribution >= 4 is 17.5 Å². The minimum absolute atomic E-state index is 0.336. The summed E-state index contributed by atoms with van der Waals surface area (Å²) in [5, 5.41) is 11.9. The van der Waals surface area contributed by atoms with Crippen LogP contribution >= 0.6 is 0 Å². The molecule has 1 heterocycles. The Labute approximate surface area is 105 Å². The molecule has 0 aliphatic rings. The lowest BCUT2D eigenvalue weighted by Gasteiger charge is -2.06. The van der Waals surface area contributed by atoms with Gasteiger partial charge in [0.25, 0.3) is 0 Å². The highest BCUT2D eigenvalue weighted by atomic mass is 16.2. The highest BCUT2D eigenvalue weighted by molar-refractivity contribution is 5.91. The smallest absolute Gasteiger partial charge is 0.320 e. The molecule has 1 aromatic heterocycles. The third-order valence-corrected chi connectivity index (χ3v) is 2.52. The van der Waals surface area contributed by atoms with Crippen LogP contribution in [-0.4, -0.2) is 16.2 Å². The zero-order valence-electron chi connectivity index (χ0n) is 10.0. The summed E-state index contributed by atoms with van der Waals surface area (Å²) >= 11 is 0. The number of nitrogens with one attached hydrogen (secondary N) is 3. The molecule has 0 saturated carbocycles. The van der Waals surface area contributed by atoms with Gasteiger partial charge in [-0.25, -0.2) is 4.79 Å². The molecule has 5 N–H and O–H groups in total. The van der Waals surface area contributed by atoms with Crippen molar-refractivity contribution in [1.82, 2.24) is 15.5 Å². The number of nitrogens with zero attached hydrogens (tertiary/aromatic N) is 1. The Kier molecular flexibility index (Phi) is 3.47. The largest absolute Gasteiger partial charge is 0.394 e. The van der Waals surface area contributed by atoms with E-state index >= 15 is 0 Å². The normalized spacial score (nSPS) is 10.1. The van der Waals surface area contributed by atoms with E-state index < -0.39 is 0 Å². The monoisotopic (exact) mass is 245 g/mol. The SMILES string of the molecule is Cc1[nH]nc(NC(=O)NCc2ccccc2)c1N. The van der Waals surface area contributed by atoms with Crippen molar-refractivity contribution in [2.24, 2.45) is 0 Å². The van der Waals surface area contributed by atoms with Gasteiger partial charge in [0.1, 0.15) is 0 Å². The fourth-order valence-corrected chi connectivity index (χ4v) is 1.46. The molecule has 0 fully saturated rings. The molecule has 2 amide bonds. The number of aryl methyl sites for hydroxylation is 1. The number of aromatic amines is 1. The van der Waals surface area contributed by atoms with Crippen molar-refractivity contribution < 1.29 is 4.79 Å². The fourth-order valence-electron chi connectivity index (χ4n) is 1.46. The number of H-pyrrole nitrogens is 1. The van der Waals surface area contributed by atoms with Crippen LogP contribution < -0.4 is 16.4 Å². The van der Waals surface area contributed by atoms with E-state index in [4.69, 9.17) is 5.73 Å². The number of nitrogen functional groups attached to an aromatic ring is 1. The number of rotatable bonds is 3. The Morgan fingerprint density at radius 1 is 1.39 bits per heavy atom. The van der Waals surface area contributed by atoms with Crippen molar-refractivity contribution in [3.05, 3.63) is 41.6 Å². The molecule has 0 aliphatic carbocycles. The molecular formula is C12H15N5O. The number of amides is 2. The molecular weight excluding hydrogens is 230 g/mol. The van der Waals surface area contributed by atoms with Crippen molar-refractivity contribution in [3.8, 4) is 0 Å². The maximum atomic E-state index is 11.6. The third-order valence-electron chi connectivity index (χ3n) is 2.52. The zero-order chi connectivity index (χ0) is 13.0. The second kappa shape index (κ2) is 5.22. The van der Waals surface area contributed by atoms with Crippen LogP contribution in [0, 0.1) is 6.92 Å². The van der Waals surface area contributed by atoms with Gasteiger partial charge in [-0.2, -0.15) is 5.10 Å². The number of anilines is 2. The maximum Gasteiger partial charge on any atom is 0.320 e. The molecule has 0 spiro atoms. The lowest BCUT2D eigenvalue weighted by atomic mass is 10.2. The van der Waals surface area contributed by atoms with Crippen molar-refractivity contribution in [2.45, 2.75) is 13.5 Å². The topological polar surface area (TPSA) is 95.8 Å². The second-order valence-electron chi connectivity index (χ2n) is 3.90. The quantitative estimate of drug-likeness (QED) is 0.661. The molecule has 0 aliphatic heterocycles. The predicted octanol–water partition coefficient (Wildman–Crippen LogP) is 1.62. The van der Waals surface area contributed by atoms with Gasteiger partial charge in [0.15, 0.2) is 5.82 Å². The molecule has 6 heteroatoms. The first-order chi connectivity index (χ1) is 8.66. The standard InChI is InChI=1S/C12H15N5O/c1-8-10(13)11(17-16-8)15-12(18)14-7-9-5-3-2-4-6-9/h2-6H,7,13H2,1H3,(H3,14,15,16,17,18). The average molecular weight is 245 g/mol. The van der Waals surface area contributed by atoms with Gasteiger partial charge in [0, 0.05) is 6.54 Å². The van der Waals surface area contributed by atoms with Gasteiger partial charge in [0.2, 0.25) is 0 Å². The number of carbonyl (C=O) groups is 1. The molecule has 1 aromatic carbocycles. The van der Waals surface area contributed by atoms with Gasteiger partial charge in [0.05, 0.1) is 11.4 Å². The number of urea groups is 1. The van der Waals surface area contributed by atoms with Crippen LogP contribution in [0.2, 0.25) is 0 Å². The number of aromatic nitrogens is 2. The van der Waals surface area contributed by atoms with Gasteiger partial charge < -0.3 is 11.1 Å². The number of hydrogen-bond acceptors (Lipinski definition) is 3. The van der Waals surface area contributed by atoms with Crippen LogP contribution in [0.5, 0.6) is 0 Å². The highest BCUT2D eigenvalue weighted by Crippen LogP contribution is 2.17. The molecule has 0 radical (unpaired) electrons. The van der Waals surface area contributed by atoms with Gasteiger partial charge in [-0.05, 0) is 12.5 Å². The number of carbonyl (C=O) groups excluding carboxylic acids is 1. The van der Waals surface area contributed by atoms with Crippen LogP contribution in [0.15, 0.2) is 30.3 Å². The van der Waals surface area contributed by atoms with E-state index in [1.165, 1.54) is 0 Å². The lowest BCUT2D eigenvalue weighted by Crippen LogP contribution is -2.28. The Balaban J connectivity index is 1.88. The lowest BCUT2D eigenvalue weighted by molar-refractivity contribution is 0.251. The summed E-state index contributed by atoms with van der Waals surface area (Å²) in [6.07, 6.45) is 0. The minimum atomic E-state index is -0.336. The molecule has 2 rings (SSSR count). The zero-order valence-corrected chi connectivity index (χ0v) is 10.0. The summed E-state index contributed by atoms with van der Waals surface area (Å²) in [6, 6.07) is 9.31. The average Bonchev–Trinajstić information content (AvgIpc) is 2.70. The summed E-state index contributed by atoms with van der Waals surface area (Å²) in [7, 11) is 0. The summed E-state index contributed by atoms with van der Waals surface area (Å²) in [4.78, 5) is 11.6. The van der Waals surface area contributed by atoms with Crippen molar-refractivity contribution in [1.29, 1.82) is 0 Å². The Hall–Kier alpha value is -2.50. The van der Waals surface area contributed by atoms with E-state index in [0.29, 0.717) is 18.1 Å². The van der Waals surface area contributed by atoms with Gasteiger partial charge in [-0.1, -0.05) is 30.3 Å². The number of nitrogens with two attached hydrogens (primary N) is 1. The maximum absolute atomic E-state index is 11.6. The number of hydrogen-bond donors (Lipinski definition) is 4. The molecule has 0 unspecified atom stereocenters. The summed E-state index contributed by atoms with van der Waals surface area (Å²) in [5.41, 5.74) is 7.93. The summed E-state index contributed by atoms with van der Waals surface area (Å²) in [5.74, 6) is 0.345. The van der Waals surface area contributed by atoms with E-state index in [2.05, 4.69) is 20.8 Å². The van der Waals surface area contributed by atoms with E-state index in [1.54, 1.807) is 6.92 Å². The Morgan fingerprint density at radius 3 is 2.72 bits per heavy atom. The third kappa shape index (κ3) is 2.79. The summed E-state index contributed by atoms with van der Waals surface area (Å²) < 4.78 is 0. The fraction of sp³-hybridized carbons (Fsp3) is 0.167. The molecule has 2 aromatic rings. The summed E-state index contributed by atoms with van der Waals surface area (Å²) in [6.45, 7) is 2.24. The Morgan fingerprint density at radius 2 is 2.11 bits per heavy atom. The first-order valence-corrected chi connectivity index (χ1v) is 5.56. The first kappa shape index (κ1) is 12.0. The van der Waals surface area contributed by atoms with Gasteiger partial charge in [-0.3, -0.25) is 10.4 Å². The Bertz CT molecular complexity index is 535. The first-order valence-electron chi connectivity index (χ1n) is 5.56. The van der Waals surface area contributed by atoms with E-state index in [9.17, 15) is 4.79 Å². The van der Waals surface area contributed by atoms with E-state index in [0.717, 1.165) is 11.3 Å². The number of benzene rings is 1. The van der Waals surface area contributed by atoms with Crippen LogP contribution in [-0.2, 0) is 6.54 Å². The molecule has 0 saturated heterocycles. The van der Waals surface area contributed by atoms with Crippen LogP contribution in [0.1, 0.15) is 11.3 Å². The predicted molar refractivity (Wildman–Crippen MR) is 70.0 cm³/mol. The van der Waals surface area contributed by atoms with Crippen LogP contribution in [0.4, 0.5) is 16.3 Å². The molecule has 6 nitrogen and oxygen atoms in total. The molecule has 18 heavy (non-hydrogen) atoms. The molecule has 0 atom stereocenters. The van der Waals surface area contributed by atoms with Crippen molar-refractivity contribution in [3.63, 3.8) is 0 Å². The van der Waals surface area contributed by atoms with E-state index in [1.807, 2.05) is 30.3 Å².